The molecule has 30 heavy (non-hydrogen) atoms. The smallest absolute Gasteiger partial charge is 0.326 e. The van der Waals surface area contributed by atoms with E-state index in [4.69, 9.17) is 16.3 Å². The van der Waals surface area contributed by atoms with Gasteiger partial charge in [-0.15, -0.1) is 0 Å². The van der Waals surface area contributed by atoms with Crippen molar-refractivity contribution in [3.05, 3.63) is 58.9 Å². The first-order valence-electron chi connectivity index (χ1n) is 9.64. The van der Waals surface area contributed by atoms with Crippen LogP contribution in [0.15, 0.2) is 42.5 Å². The minimum atomic E-state index is -0.962. The normalized spacial score (nSPS) is 19.9. The van der Waals surface area contributed by atoms with Crippen LogP contribution in [0.25, 0.3) is 0 Å². The maximum Gasteiger partial charge on any atom is 0.326 e. The summed E-state index contributed by atoms with van der Waals surface area (Å²) in [5.74, 6) is -0.559. The topological polar surface area (TPSA) is 65.1 Å². The maximum absolute atomic E-state index is 13.7. The zero-order valence-electron chi connectivity index (χ0n) is 16.5. The average molecular weight is 433 g/mol. The number of urea groups is 1. The summed E-state index contributed by atoms with van der Waals surface area (Å²) in [5, 5.41) is 3.33. The average Bonchev–Trinajstić information content (AvgIpc) is 3.02. The zero-order valence-corrected chi connectivity index (χ0v) is 17.2. The van der Waals surface area contributed by atoms with E-state index in [1.807, 2.05) is 29.2 Å². The summed E-state index contributed by atoms with van der Waals surface area (Å²) in [6.07, 6.45) is 0. The van der Waals surface area contributed by atoms with Gasteiger partial charge in [0, 0.05) is 42.5 Å². The Morgan fingerprint density at radius 2 is 1.90 bits per heavy atom. The quantitative estimate of drug-likeness (QED) is 0.736. The number of imide groups is 1. The van der Waals surface area contributed by atoms with E-state index in [-0.39, 0.29) is 6.67 Å². The number of benzene rings is 2. The standard InChI is InChI=1S/C21H22ClFN4O3/c1-30-18-6-5-15(23)12-17(18)19-20(28)27(21(29)24-19)13-25-7-9-26(10-8-25)16-4-2-3-14(22)11-16/h2-6,11-12,19H,7-10,13H2,1H3,(H,24,29). The molecular formula is C21H22ClFN4O3. The lowest BCUT2D eigenvalue weighted by atomic mass is 10.1. The minimum Gasteiger partial charge on any atom is -0.496 e. The Balaban J connectivity index is 1.41. The Kier molecular flexibility index (Phi) is 5.78. The van der Waals surface area contributed by atoms with Gasteiger partial charge in [-0.25, -0.2) is 14.1 Å². The molecule has 3 amide bonds. The molecule has 2 heterocycles. The molecule has 2 aromatic rings. The Bertz CT molecular complexity index is 965. The second-order valence-electron chi connectivity index (χ2n) is 7.26. The fraction of sp³-hybridized carbons (Fsp3) is 0.333. The van der Waals surface area contributed by atoms with E-state index in [0.29, 0.717) is 29.4 Å². The third-order valence-corrected chi connectivity index (χ3v) is 5.65. The van der Waals surface area contributed by atoms with Gasteiger partial charge in [-0.2, -0.15) is 0 Å². The second-order valence-corrected chi connectivity index (χ2v) is 7.70. The predicted molar refractivity (Wildman–Crippen MR) is 111 cm³/mol. The van der Waals surface area contributed by atoms with E-state index in [1.54, 1.807) is 0 Å². The Morgan fingerprint density at radius 3 is 2.60 bits per heavy atom. The number of carbonyl (C=O) groups is 2. The van der Waals surface area contributed by atoms with Crippen molar-refractivity contribution < 1.29 is 18.7 Å². The van der Waals surface area contributed by atoms with Crippen LogP contribution in [0.4, 0.5) is 14.9 Å². The molecule has 7 nitrogen and oxygen atoms in total. The first kappa shape index (κ1) is 20.4. The molecule has 1 unspecified atom stereocenters. The number of methoxy groups -OCH3 is 1. The van der Waals surface area contributed by atoms with Crippen molar-refractivity contribution >= 4 is 29.2 Å². The zero-order chi connectivity index (χ0) is 21.3. The molecule has 1 atom stereocenters. The van der Waals surface area contributed by atoms with Gasteiger partial charge in [-0.1, -0.05) is 17.7 Å². The van der Waals surface area contributed by atoms with E-state index >= 15 is 0 Å². The number of rotatable bonds is 5. The molecule has 2 aliphatic rings. The number of nitrogens with zero attached hydrogens (tertiary/aromatic N) is 3. The van der Waals surface area contributed by atoms with Crippen LogP contribution in [0, 0.1) is 5.82 Å². The first-order chi connectivity index (χ1) is 14.5. The first-order valence-corrected chi connectivity index (χ1v) is 10.0. The minimum absolute atomic E-state index is 0.183. The van der Waals surface area contributed by atoms with Crippen LogP contribution in [0.3, 0.4) is 0 Å². The predicted octanol–water partition coefficient (Wildman–Crippen LogP) is 2.86. The molecule has 0 aromatic heterocycles. The van der Waals surface area contributed by atoms with Crippen LogP contribution in [0.1, 0.15) is 11.6 Å². The van der Waals surface area contributed by atoms with Gasteiger partial charge in [-0.3, -0.25) is 9.69 Å². The Hall–Kier alpha value is -2.84. The molecule has 0 radical (unpaired) electrons. The summed E-state index contributed by atoms with van der Waals surface area (Å²) in [6, 6.07) is 10.1. The van der Waals surface area contributed by atoms with E-state index in [0.717, 1.165) is 18.8 Å². The number of halogens is 2. The van der Waals surface area contributed by atoms with Gasteiger partial charge in [-0.05, 0) is 36.4 Å². The third kappa shape index (κ3) is 4.06. The number of anilines is 1. The lowest BCUT2D eigenvalue weighted by Crippen LogP contribution is -2.51. The summed E-state index contributed by atoms with van der Waals surface area (Å²) >= 11 is 6.08. The summed E-state index contributed by atoms with van der Waals surface area (Å²) < 4.78 is 18.9. The molecule has 0 bridgehead atoms. The fourth-order valence-corrected chi connectivity index (χ4v) is 4.00. The monoisotopic (exact) mass is 432 g/mol. The molecule has 4 rings (SSSR count). The molecule has 1 N–H and O–H groups in total. The highest BCUT2D eigenvalue weighted by Crippen LogP contribution is 2.30. The SMILES string of the molecule is COc1ccc(F)cc1C1NC(=O)N(CN2CCN(c3cccc(Cl)c3)CC2)C1=O. The van der Waals surface area contributed by atoms with Gasteiger partial charge in [0.2, 0.25) is 0 Å². The van der Waals surface area contributed by atoms with Gasteiger partial charge < -0.3 is 15.0 Å². The lowest BCUT2D eigenvalue weighted by molar-refractivity contribution is -0.129. The van der Waals surface area contributed by atoms with Crippen LogP contribution in [0.2, 0.25) is 5.02 Å². The third-order valence-electron chi connectivity index (χ3n) is 5.42. The second kappa shape index (κ2) is 8.49. The molecule has 2 saturated heterocycles. The molecular weight excluding hydrogens is 411 g/mol. The van der Waals surface area contributed by atoms with Crippen LogP contribution >= 0.6 is 11.6 Å². The molecule has 2 fully saturated rings. The van der Waals surface area contributed by atoms with Gasteiger partial charge in [0.1, 0.15) is 17.6 Å². The lowest BCUT2D eigenvalue weighted by Gasteiger charge is -2.37. The molecule has 0 spiro atoms. The van der Waals surface area contributed by atoms with Crippen molar-refractivity contribution in [1.82, 2.24) is 15.1 Å². The highest BCUT2D eigenvalue weighted by molar-refractivity contribution is 6.30. The van der Waals surface area contributed by atoms with Crippen molar-refractivity contribution in [2.45, 2.75) is 6.04 Å². The highest BCUT2D eigenvalue weighted by atomic mass is 35.5. The Labute approximate surface area is 178 Å². The molecule has 158 valence electrons. The summed E-state index contributed by atoms with van der Waals surface area (Å²) in [5.41, 5.74) is 1.36. The van der Waals surface area contributed by atoms with Gasteiger partial charge in [0.05, 0.1) is 13.8 Å². The van der Waals surface area contributed by atoms with Crippen LogP contribution in [0.5, 0.6) is 5.75 Å². The van der Waals surface area contributed by atoms with Crippen molar-refractivity contribution in [3.63, 3.8) is 0 Å². The summed E-state index contributed by atoms with van der Waals surface area (Å²) in [6.45, 7) is 3.08. The van der Waals surface area contributed by atoms with Crippen molar-refractivity contribution in [2.24, 2.45) is 0 Å². The number of carbonyl (C=O) groups excluding carboxylic acids is 2. The van der Waals surface area contributed by atoms with Crippen LogP contribution in [-0.4, -0.2) is 61.7 Å². The summed E-state index contributed by atoms with van der Waals surface area (Å²) in [4.78, 5) is 30.8. The number of hydrogen-bond donors (Lipinski definition) is 1. The number of ether oxygens (including phenoxy) is 1. The molecule has 0 aliphatic carbocycles. The van der Waals surface area contributed by atoms with Gasteiger partial charge in [0.15, 0.2) is 0 Å². The molecule has 2 aliphatic heterocycles. The Morgan fingerprint density at radius 1 is 1.13 bits per heavy atom. The van der Waals surface area contributed by atoms with E-state index in [1.165, 1.54) is 30.2 Å². The van der Waals surface area contributed by atoms with Crippen molar-refractivity contribution in [2.75, 3.05) is 44.9 Å². The molecule has 9 heteroatoms. The van der Waals surface area contributed by atoms with Crippen molar-refractivity contribution in [1.29, 1.82) is 0 Å². The van der Waals surface area contributed by atoms with E-state index < -0.39 is 23.8 Å². The summed E-state index contributed by atoms with van der Waals surface area (Å²) in [7, 11) is 1.44. The number of hydrogen-bond acceptors (Lipinski definition) is 5. The molecule has 0 saturated carbocycles. The number of amides is 3. The fourth-order valence-electron chi connectivity index (χ4n) is 3.81. The van der Waals surface area contributed by atoms with Crippen molar-refractivity contribution in [3.8, 4) is 5.75 Å². The largest absolute Gasteiger partial charge is 0.496 e. The van der Waals surface area contributed by atoms with E-state index in [9.17, 15) is 14.0 Å². The van der Waals surface area contributed by atoms with Crippen LogP contribution in [-0.2, 0) is 4.79 Å². The van der Waals surface area contributed by atoms with Gasteiger partial charge >= 0.3 is 6.03 Å². The van der Waals surface area contributed by atoms with Gasteiger partial charge in [0.25, 0.3) is 5.91 Å². The van der Waals surface area contributed by atoms with E-state index in [2.05, 4.69) is 10.2 Å². The number of nitrogens with one attached hydrogen (secondary N) is 1. The highest BCUT2D eigenvalue weighted by Gasteiger charge is 2.41. The maximum atomic E-state index is 13.7. The molecule has 2 aromatic carbocycles. The number of piperazine rings is 1. The van der Waals surface area contributed by atoms with Crippen LogP contribution < -0.4 is 15.0 Å².